The minimum atomic E-state index is -4.75. The van der Waals surface area contributed by atoms with Crippen molar-refractivity contribution in [1.29, 1.82) is 5.26 Å². The van der Waals surface area contributed by atoms with E-state index in [-0.39, 0.29) is 40.4 Å². The molecule has 3 rings (SSSR count). The van der Waals surface area contributed by atoms with Gasteiger partial charge in [-0.2, -0.15) is 18.4 Å². The Kier molecular flexibility index (Phi) is 6.30. The summed E-state index contributed by atoms with van der Waals surface area (Å²) in [5, 5.41) is 11.8. The van der Waals surface area contributed by atoms with Crippen LogP contribution in [-0.2, 0) is 6.18 Å². The van der Waals surface area contributed by atoms with Gasteiger partial charge >= 0.3 is 6.18 Å². The first-order valence-electron chi connectivity index (χ1n) is 9.42. The number of anilines is 1. The lowest BCUT2D eigenvalue weighted by Gasteiger charge is -2.16. The molecule has 10 heteroatoms. The number of carbonyl (C=O) groups excluding carboxylic acids is 1. The van der Waals surface area contributed by atoms with Gasteiger partial charge in [0, 0.05) is 17.7 Å². The van der Waals surface area contributed by atoms with Crippen molar-refractivity contribution >= 4 is 11.7 Å². The zero-order chi connectivity index (χ0) is 23.5. The fraction of sp³-hybridized carbons (Fsp3) is 0.182. The molecule has 3 aromatic rings. The van der Waals surface area contributed by atoms with Crippen molar-refractivity contribution in [3.63, 3.8) is 0 Å². The van der Waals surface area contributed by atoms with E-state index >= 15 is 0 Å². The molecular formula is C22H18F3N5O2. The van der Waals surface area contributed by atoms with Crippen molar-refractivity contribution in [3.05, 3.63) is 65.4 Å². The molecule has 3 N–H and O–H groups in total. The van der Waals surface area contributed by atoms with Gasteiger partial charge in [0.05, 0.1) is 17.2 Å². The molecule has 0 saturated carbocycles. The van der Waals surface area contributed by atoms with Gasteiger partial charge in [-0.15, -0.1) is 0 Å². The van der Waals surface area contributed by atoms with Crippen molar-refractivity contribution in [2.75, 3.05) is 5.32 Å². The molecular weight excluding hydrogens is 423 g/mol. The first-order valence-corrected chi connectivity index (χ1v) is 9.42. The second-order valence-corrected chi connectivity index (χ2v) is 7.07. The number of nitrogens with two attached hydrogens (primary N) is 1. The van der Waals surface area contributed by atoms with Gasteiger partial charge in [-0.3, -0.25) is 4.79 Å². The molecule has 1 amide bonds. The Balaban J connectivity index is 2.07. The zero-order valence-electron chi connectivity index (χ0n) is 17.1. The van der Waals surface area contributed by atoms with Crippen LogP contribution in [0.3, 0.4) is 0 Å². The van der Waals surface area contributed by atoms with Gasteiger partial charge in [0.2, 0.25) is 0 Å². The van der Waals surface area contributed by atoms with Gasteiger partial charge < -0.3 is 15.8 Å². The van der Waals surface area contributed by atoms with Gasteiger partial charge in [-0.05, 0) is 56.3 Å². The van der Waals surface area contributed by atoms with E-state index in [0.29, 0.717) is 5.56 Å². The number of carbonyl (C=O) groups is 1. The van der Waals surface area contributed by atoms with Gasteiger partial charge in [0.1, 0.15) is 23.0 Å². The molecule has 0 fully saturated rings. The molecule has 0 spiro atoms. The number of nitrogens with zero attached hydrogens (tertiary/aromatic N) is 3. The van der Waals surface area contributed by atoms with Crippen LogP contribution in [0.1, 0.15) is 35.5 Å². The first kappa shape index (κ1) is 22.6. The molecule has 1 heterocycles. The van der Waals surface area contributed by atoms with Crippen LogP contribution in [0.2, 0.25) is 0 Å². The van der Waals surface area contributed by atoms with Crippen LogP contribution >= 0.6 is 0 Å². The fourth-order valence-corrected chi connectivity index (χ4v) is 2.81. The molecule has 0 aliphatic rings. The Labute approximate surface area is 181 Å². The normalized spacial score (nSPS) is 11.2. The van der Waals surface area contributed by atoms with E-state index in [1.165, 1.54) is 42.5 Å². The number of rotatable bonds is 6. The maximum absolute atomic E-state index is 13.9. The number of hydrogen-bond donors (Lipinski definition) is 2. The lowest BCUT2D eigenvalue weighted by molar-refractivity contribution is -0.137. The Hall–Kier alpha value is -4.13. The minimum Gasteiger partial charge on any atom is -0.457 e. The number of nitrogens with one attached hydrogen (secondary N) is 1. The summed E-state index contributed by atoms with van der Waals surface area (Å²) in [6, 6.07) is 12.4. The third kappa shape index (κ3) is 5.31. The van der Waals surface area contributed by atoms with Gasteiger partial charge in [-0.25, -0.2) is 9.97 Å². The summed E-state index contributed by atoms with van der Waals surface area (Å²) in [5.41, 5.74) is 4.09. The van der Waals surface area contributed by atoms with Crippen molar-refractivity contribution in [3.8, 4) is 29.0 Å². The van der Waals surface area contributed by atoms with Crippen molar-refractivity contribution in [2.24, 2.45) is 5.73 Å². The molecule has 1 aromatic heterocycles. The summed E-state index contributed by atoms with van der Waals surface area (Å²) >= 11 is 0. The summed E-state index contributed by atoms with van der Waals surface area (Å²) in [7, 11) is 0. The van der Waals surface area contributed by atoms with Crippen LogP contribution in [0.15, 0.2) is 48.5 Å². The molecule has 0 unspecified atom stereocenters. The van der Waals surface area contributed by atoms with Crippen molar-refractivity contribution < 1.29 is 22.7 Å². The predicted molar refractivity (Wildman–Crippen MR) is 111 cm³/mol. The van der Waals surface area contributed by atoms with E-state index < -0.39 is 17.6 Å². The average molecular weight is 441 g/mol. The van der Waals surface area contributed by atoms with Crippen LogP contribution in [0, 0.1) is 11.3 Å². The minimum absolute atomic E-state index is 0.0719. The van der Waals surface area contributed by atoms with Crippen LogP contribution in [-0.4, -0.2) is 21.9 Å². The highest BCUT2D eigenvalue weighted by Crippen LogP contribution is 2.39. The van der Waals surface area contributed by atoms with Crippen LogP contribution < -0.4 is 15.8 Å². The molecule has 0 radical (unpaired) electrons. The quantitative estimate of drug-likeness (QED) is 0.571. The van der Waals surface area contributed by atoms with Crippen molar-refractivity contribution in [2.45, 2.75) is 26.1 Å². The highest BCUT2D eigenvalue weighted by molar-refractivity contribution is 5.92. The Morgan fingerprint density at radius 3 is 2.31 bits per heavy atom. The summed E-state index contributed by atoms with van der Waals surface area (Å²) in [5.74, 6) is -0.834. The second kappa shape index (κ2) is 8.93. The SMILES string of the molecule is CC(C)Nc1cc(C(N)=O)nc(-c2ccc(Oc3ccc(C#N)cc3)cc2C(F)(F)F)n1. The molecule has 7 nitrogen and oxygen atoms in total. The number of aromatic nitrogens is 2. The number of halogens is 3. The molecule has 0 bridgehead atoms. The maximum atomic E-state index is 13.9. The number of benzene rings is 2. The lowest BCUT2D eigenvalue weighted by atomic mass is 10.1. The van der Waals surface area contributed by atoms with Gasteiger partial charge in [0.25, 0.3) is 5.91 Å². The average Bonchev–Trinajstić information content (AvgIpc) is 2.73. The lowest BCUT2D eigenvalue weighted by Crippen LogP contribution is -2.18. The summed E-state index contributed by atoms with van der Waals surface area (Å²) in [4.78, 5) is 19.7. The summed E-state index contributed by atoms with van der Waals surface area (Å²) in [6.07, 6.45) is -4.75. The van der Waals surface area contributed by atoms with E-state index in [1.807, 2.05) is 19.9 Å². The van der Waals surface area contributed by atoms with E-state index in [4.69, 9.17) is 15.7 Å². The molecule has 0 saturated heterocycles. The molecule has 0 aliphatic carbocycles. The maximum Gasteiger partial charge on any atom is 0.417 e. The summed E-state index contributed by atoms with van der Waals surface area (Å²) in [6.45, 7) is 3.62. The van der Waals surface area contributed by atoms with Gasteiger partial charge in [-0.1, -0.05) is 0 Å². The smallest absolute Gasteiger partial charge is 0.417 e. The zero-order valence-corrected chi connectivity index (χ0v) is 17.1. The highest BCUT2D eigenvalue weighted by Gasteiger charge is 2.35. The Morgan fingerprint density at radius 1 is 1.09 bits per heavy atom. The molecule has 164 valence electrons. The molecule has 32 heavy (non-hydrogen) atoms. The second-order valence-electron chi connectivity index (χ2n) is 7.07. The van der Waals surface area contributed by atoms with E-state index in [9.17, 15) is 18.0 Å². The number of alkyl halides is 3. The number of ether oxygens (including phenoxy) is 1. The topological polar surface area (TPSA) is 114 Å². The van der Waals surface area contributed by atoms with E-state index in [1.54, 1.807) is 0 Å². The molecule has 2 aromatic carbocycles. The van der Waals surface area contributed by atoms with Crippen molar-refractivity contribution in [1.82, 2.24) is 9.97 Å². The number of amides is 1. The third-order valence-corrected chi connectivity index (χ3v) is 4.17. The third-order valence-electron chi connectivity index (χ3n) is 4.17. The Bertz CT molecular complexity index is 1190. The van der Waals surface area contributed by atoms with Gasteiger partial charge in [0.15, 0.2) is 5.82 Å². The van der Waals surface area contributed by atoms with Crippen LogP contribution in [0.4, 0.5) is 19.0 Å². The molecule has 0 aliphatic heterocycles. The Morgan fingerprint density at radius 2 is 1.75 bits per heavy atom. The number of primary amides is 1. The number of hydrogen-bond acceptors (Lipinski definition) is 6. The first-order chi connectivity index (χ1) is 15.1. The highest BCUT2D eigenvalue weighted by atomic mass is 19.4. The predicted octanol–water partition coefficient (Wildman–Crippen LogP) is 4.75. The van der Waals surface area contributed by atoms with Crippen LogP contribution in [0.25, 0.3) is 11.4 Å². The monoisotopic (exact) mass is 441 g/mol. The van der Waals surface area contributed by atoms with Crippen LogP contribution in [0.5, 0.6) is 11.5 Å². The largest absolute Gasteiger partial charge is 0.457 e. The fourth-order valence-electron chi connectivity index (χ4n) is 2.81. The van der Waals surface area contributed by atoms with E-state index in [2.05, 4.69) is 15.3 Å². The standard InChI is InChI=1S/C22H18F3N5O2/c1-12(2)28-19-10-18(20(27)31)29-21(30-19)16-8-7-15(9-17(16)22(23,24)25)32-14-5-3-13(11-26)4-6-14/h3-10,12H,1-2H3,(H2,27,31)(H,28,29,30). The summed E-state index contributed by atoms with van der Waals surface area (Å²) < 4.78 is 47.1. The number of nitriles is 1. The molecule has 0 atom stereocenters. The van der Waals surface area contributed by atoms with E-state index in [0.717, 1.165) is 6.07 Å².